The van der Waals surface area contributed by atoms with Crippen molar-refractivity contribution in [3.05, 3.63) is 16.1 Å². The standard InChI is InChI=1S/C14H23N3O2S/c1-11-13(20-10-16-11)4-6-17-5-2-3-12(9-17)7-15-8-14(18)19/h10,12,15H,2-9H2,1H3,(H,18,19). The Bertz CT molecular complexity index is 436. The summed E-state index contributed by atoms with van der Waals surface area (Å²) in [5, 5.41) is 11.7. The van der Waals surface area contributed by atoms with E-state index in [0.29, 0.717) is 5.92 Å². The van der Waals surface area contributed by atoms with Crippen LogP contribution < -0.4 is 5.32 Å². The molecule has 2 N–H and O–H groups in total. The molecule has 1 aromatic heterocycles. The number of thiazole rings is 1. The molecule has 5 nitrogen and oxygen atoms in total. The van der Waals surface area contributed by atoms with Gasteiger partial charge in [-0.15, -0.1) is 11.3 Å². The molecular weight excluding hydrogens is 274 g/mol. The zero-order chi connectivity index (χ0) is 14.4. The van der Waals surface area contributed by atoms with Gasteiger partial charge in [-0.1, -0.05) is 0 Å². The second-order valence-corrected chi connectivity index (χ2v) is 6.38. The van der Waals surface area contributed by atoms with Crippen molar-refractivity contribution in [3.8, 4) is 0 Å². The number of carboxylic acid groups (broad SMARTS) is 1. The summed E-state index contributed by atoms with van der Waals surface area (Å²) in [6, 6.07) is 0. The smallest absolute Gasteiger partial charge is 0.317 e. The Morgan fingerprint density at radius 2 is 2.50 bits per heavy atom. The highest BCUT2D eigenvalue weighted by atomic mass is 32.1. The number of aromatic nitrogens is 1. The van der Waals surface area contributed by atoms with E-state index in [1.54, 1.807) is 11.3 Å². The Labute approximate surface area is 124 Å². The number of piperidine rings is 1. The second-order valence-electron chi connectivity index (χ2n) is 5.44. The summed E-state index contributed by atoms with van der Waals surface area (Å²) in [6.07, 6.45) is 3.48. The zero-order valence-corrected chi connectivity index (χ0v) is 12.8. The summed E-state index contributed by atoms with van der Waals surface area (Å²) < 4.78 is 0. The molecule has 2 heterocycles. The van der Waals surface area contributed by atoms with Gasteiger partial charge in [-0.05, 0) is 45.2 Å². The van der Waals surface area contributed by atoms with E-state index in [1.165, 1.54) is 17.7 Å². The van der Waals surface area contributed by atoms with E-state index in [9.17, 15) is 4.79 Å². The molecule has 1 aromatic rings. The predicted molar refractivity (Wildman–Crippen MR) is 80.2 cm³/mol. The van der Waals surface area contributed by atoms with Crippen LogP contribution >= 0.6 is 11.3 Å². The summed E-state index contributed by atoms with van der Waals surface area (Å²) in [7, 11) is 0. The molecule has 1 atom stereocenters. The number of hydrogen-bond donors (Lipinski definition) is 2. The maximum absolute atomic E-state index is 10.5. The van der Waals surface area contributed by atoms with Crippen molar-refractivity contribution in [3.63, 3.8) is 0 Å². The molecule has 0 radical (unpaired) electrons. The van der Waals surface area contributed by atoms with Crippen LogP contribution in [0.4, 0.5) is 0 Å². The van der Waals surface area contributed by atoms with Crippen LogP contribution in [0.1, 0.15) is 23.4 Å². The number of aryl methyl sites for hydroxylation is 1. The lowest BCUT2D eigenvalue weighted by molar-refractivity contribution is -0.136. The van der Waals surface area contributed by atoms with Crippen LogP contribution in [-0.2, 0) is 11.2 Å². The fourth-order valence-electron chi connectivity index (χ4n) is 2.73. The first kappa shape index (κ1) is 15.4. The van der Waals surface area contributed by atoms with E-state index in [1.807, 2.05) is 5.51 Å². The van der Waals surface area contributed by atoms with Gasteiger partial charge in [0, 0.05) is 18.0 Å². The van der Waals surface area contributed by atoms with Crippen molar-refractivity contribution in [2.45, 2.75) is 26.2 Å². The number of aliphatic carboxylic acids is 1. The van der Waals surface area contributed by atoms with Crippen LogP contribution in [0.25, 0.3) is 0 Å². The number of rotatable bonds is 7. The number of hydrogen-bond acceptors (Lipinski definition) is 5. The largest absolute Gasteiger partial charge is 0.480 e. The Morgan fingerprint density at radius 1 is 1.65 bits per heavy atom. The Hall–Kier alpha value is -0.980. The van der Waals surface area contributed by atoms with E-state index in [-0.39, 0.29) is 6.54 Å². The Kier molecular flexibility index (Phi) is 5.94. The lowest BCUT2D eigenvalue weighted by Gasteiger charge is -2.32. The summed E-state index contributed by atoms with van der Waals surface area (Å²) in [4.78, 5) is 18.7. The van der Waals surface area contributed by atoms with Gasteiger partial charge in [0.05, 0.1) is 17.7 Å². The van der Waals surface area contributed by atoms with Gasteiger partial charge in [0.1, 0.15) is 0 Å². The molecular formula is C14H23N3O2S. The molecule has 112 valence electrons. The molecule has 0 saturated carbocycles. The topological polar surface area (TPSA) is 65.5 Å². The molecule has 0 aliphatic carbocycles. The maximum Gasteiger partial charge on any atom is 0.317 e. The molecule has 1 aliphatic rings. The van der Waals surface area contributed by atoms with Crippen molar-refractivity contribution in [1.29, 1.82) is 0 Å². The van der Waals surface area contributed by atoms with Crippen molar-refractivity contribution < 1.29 is 9.90 Å². The third-order valence-electron chi connectivity index (χ3n) is 3.81. The third kappa shape index (κ3) is 4.85. The van der Waals surface area contributed by atoms with Crippen LogP contribution in [0, 0.1) is 12.8 Å². The maximum atomic E-state index is 10.5. The highest BCUT2D eigenvalue weighted by Crippen LogP contribution is 2.18. The normalized spacial score (nSPS) is 20.1. The molecule has 1 saturated heterocycles. The van der Waals surface area contributed by atoms with Crippen LogP contribution in [0.5, 0.6) is 0 Å². The monoisotopic (exact) mass is 297 g/mol. The third-order valence-corrected chi connectivity index (χ3v) is 4.81. The van der Waals surface area contributed by atoms with Gasteiger partial charge >= 0.3 is 5.97 Å². The number of carboxylic acids is 1. The van der Waals surface area contributed by atoms with Crippen LogP contribution in [0.2, 0.25) is 0 Å². The van der Waals surface area contributed by atoms with Crippen LogP contribution in [0.15, 0.2) is 5.51 Å². The first-order valence-electron chi connectivity index (χ1n) is 7.19. The number of nitrogens with zero attached hydrogens (tertiary/aromatic N) is 2. The van der Waals surface area contributed by atoms with Crippen molar-refractivity contribution in [2.75, 3.05) is 32.7 Å². The first-order chi connectivity index (χ1) is 9.65. The van der Waals surface area contributed by atoms with E-state index < -0.39 is 5.97 Å². The number of nitrogens with one attached hydrogen (secondary N) is 1. The Balaban J connectivity index is 1.70. The van der Waals surface area contributed by atoms with E-state index in [4.69, 9.17) is 5.11 Å². The van der Waals surface area contributed by atoms with Crippen LogP contribution in [0.3, 0.4) is 0 Å². The van der Waals surface area contributed by atoms with Crippen molar-refractivity contribution in [1.82, 2.24) is 15.2 Å². The van der Waals surface area contributed by atoms with Crippen LogP contribution in [-0.4, -0.2) is 53.7 Å². The van der Waals surface area contributed by atoms with Crippen molar-refractivity contribution >= 4 is 17.3 Å². The summed E-state index contributed by atoms with van der Waals surface area (Å²) in [5.41, 5.74) is 3.08. The fourth-order valence-corrected chi connectivity index (χ4v) is 3.50. The second kappa shape index (κ2) is 7.71. The van der Waals surface area contributed by atoms with Crippen molar-refractivity contribution in [2.24, 2.45) is 5.92 Å². The molecule has 6 heteroatoms. The minimum Gasteiger partial charge on any atom is -0.480 e. The Morgan fingerprint density at radius 3 is 3.20 bits per heavy atom. The SMILES string of the molecule is Cc1ncsc1CCN1CCCC(CNCC(=O)O)C1. The minimum absolute atomic E-state index is 0.0660. The van der Waals surface area contributed by atoms with Gasteiger partial charge < -0.3 is 15.3 Å². The molecule has 0 amide bonds. The number of likely N-dealkylation sites (tertiary alicyclic amines) is 1. The quantitative estimate of drug-likeness (QED) is 0.796. The van der Waals surface area contributed by atoms with Gasteiger partial charge in [0.15, 0.2) is 0 Å². The van der Waals surface area contributed by atoms with E-state index >= 15 is 0 Å². The first-order valence-corrected chi connectivity index (χ1v) is 8.07. The average molecular weight is 297 g/mol. The summed E-state index contributed by atoms with van der Waals surface area (Å²) in [5.74, 6) is -0.205. The molecule has 0 bridgehead atoms. The van der Waals surface area contributed by atoms with Gasteiger partial charge in [-0.2, -0.15) is 0 Å². The molecule has 20 heavy (non-hydrogen) atoms. The highest BCUT2D eigenvalue weighted by Gasteiger charge is 2.19. The zero-order valence-electron chi connectivity index (χ0n) is 12.0. The average Bonchev–Trinajstić information content (AvgIpc) is 2.82. The summed E-state index contributed by atoms with van der Waals surface area (Å²) >= 11 is 1.74. The van der Waals surface area contributed by atoms with Gasteiger partial charge in [0.25, 0.3) is 0 Å². The molecule has 2 rings (SSSR count). The van der Waals surface area contributed by atoms with E-state index in [2.05, 4.69) is 22.1 Å². The number of carbonyl (C=O) groups is 1. The molecule has 1 unspecified atom stereocenters. The lowest BCUT2D eigenvalue weighted by atomic mass is 9.98. The van der Waals surface area contributed by atoms with Gasteiger partial charge in [-0.3, -0.25) is 4.79 Å². The predicted octanol–water partition coefficient (Wildman–Crippen LogP) is 1.38. The fraction of sp³-hybridized carbons (Fsp3) is 0.714. The minimum atomic E-state index is -0.779. The van der Waals surface area contributed by atoms with E-state index in [0.717, 1.165) is 38.3 Å². The lowest BCUT2D eigenvalue weighted by Crippen LogP contribution is -2.41. The van der Waals surface area contributed by atoms with Gasteiger partial charge in [-0.25, -0.2) is 4.98 Å². The van der Waals surface area contributed by atoms with Gasteiger partial charge in [0.2, 0.25) is 0 Å². The highest BCUT2D eigenvalue weighted by molar-refractivity contribution is 7.09. The molecule has 0 aromatic carbocycles. The molecule has 0 spiro atoms. The molecule has 1 aliphatic heterocycles. The molecule has 1 fully saturated rings. The summed E-state index contributed by atoms with van der Waals surface area (Å²) in [6.45, 7) is 6.26.